The molecular weight excluding hydrogens is 274 g/mol. The Morgan fingerprint density at radius 3 is 2.50 bits per heavy atom. The minimum absolute atomic E-state index is 0.180. The van der Waals surface area contributed by atoms with E-state index in [1.807, 2.05) is 13.8 Å². The Bertz CT molecular complexity index is 505. The third-order valence-electron chi connectivity index (χ3n) is 3.48. The van der Waals surface area contributed by atoms with Crippen molar-refractivity contribution in [3.05, 3.63) is 23.2 Å². The van der Waals surface area contributed by atoms with Crippen LogP contribution in [0, 0.1) is 13.8 Å². The zero-order valence-electron chi connectivity index (χ0n) is 13.0. The Labute approximate surface area is 122 Å². The van der Waals surface area contributed by atoms with Crippen LogP contribution in [-0.4, -0.2) is 26.5 Å². The van der Waals surface area contributed by atoms with E-state index in [9.17, 15) is 8.42 Å². The number of hydrogen-bond donors (Lipinski definition) is 1. The topological polar surface area (TPSA) is 59.3 Å². The van der Waals surface area contributed by atoms with Gasteiger partial charge < -0.3 is 9.73 Å². The molecule has 0 aliphatic heterocycles. The summed E-state index contributed by atoms with van der Waals surface area (Å²) in [5, 5.41) is 3.49. The highest BCUT2D eigenvalue weighted by atomic mass is 32.2. The first-order chi connectivity index (χ1) is 9.39. The van der Waals surface area contributed by atoms with Crippen molar-refractivity contribution in [1.82, 2.24) is 5.32 Å². The monoisotopic (exact) mass is 301 g/mol. The van der Waals surface area contributed by atoms with Gasteiger partial charge in [0.15, 0.2) is 0 Å². The molecule has 1 aromatic heterocycles. The fraction of sp³-hybridized carbons (Fsp3) is 0.733. The van der Waals surface area contributed by atoms with Crippen LogP contribution in [0.5, 0.6) is 0 Å². The van der Waals surface area contributed by atoms with Crippen molar-refractivity contribution < 1.29 is 12.8 Å². The maximum Gasteiger partial charge on any atom is 0.150 e. The molecule has 4 nitrogen and oxygen atoms in total. The van der Waals surface area contributed by atoms with Gasteiger partial charge >= 0.3 is 0 Å². The van der Waals surface area contributed by atoms with Crippen LogP contribution in [0.15, 0.2) is 10.5 Å². The van der Waals surface area contributed by atoms with Crippen LogP contribution in [0.4, 0.5) is 0 Å². The lowest BCUT2D eigenvalue weighted by Crippen LogP contribution is -2.23. The predicted molar refractivity (Wildman–Crippen MR) is 82.8 cm³/mol. The summed E-state index contributed by atoms with van der Waals surface area (Å²) in [6.45, 7) is 8.65. The number of hydrogen-bond acceptors (Lipinski definition) is 4. The molecule has 1 atom stereocenters. The van der Waals surface area contributed by atoms with Crippen LogP contribution < -0.4 is 5.32 Å². The van der Waals surface area contributed by atoms with E-state index in [1.54, 1.807) is 6.92 Å². The van der Waals surface area contributed by atoms with Crippen LogP contribution >= 0.6 is 0 Å². The van der Waals surface area contributed by atoms with Gasteiger partial charge in [0.25, 0.3) is 0 Å². The highest BCUT2D eigenvalue weighted by Gasteiger charge is 2.17. The zero-order valence-corrected chi connectivity index (χ0v) is 13.8. The smallest absolute Gasteiger partial charge is 0.150 e. The molecule has 116 valence electrons. The third kappa shape index (κ3) is 5.29. The molecule has 0 bridgehead atoms. The second-order valence-corrected chi connectivity index (χ2v) is 7.73. The summed E-state index contributed by atoms with van der Waals surface area (Å²) in [5.41, 5.74) is 1.16. The van der Waals surface area contributed by atoms with Crippen LogP contribution in [-0.2, 0) is 9.84 Å². The molecule has 0 aliphatic carbocycles. The van der Waals surface area contributed by atoms with Crippen molar-refractivity contribution in [1.29, 1.82) is 0 Å². The number of furan rings is 1. The van der Waals surface area contributed by atoms with Crippen molar-refractivity contribution >= 4 is 9.84 Å². The second kappa shape index (κ2) is 7.84. The van der Waals surface area contributed by atoms with Crippen molar-refractivity contribution in [3.8, 4) is 0 Å². The first kappa shape index (κ1) is 17.2. The molecule has 1 N–H and O–H groups in total. The van der Waals surface area contributed by atoms with E-state index in [2.05, 4.69) is 18.3 Å². The fourth-order valence-corrected chi connectivity index (χ4v) is 3.23. The molecule has 1 heterocycles. The van der Waals surface area contributed by atoms with E-state index in [1.165, 1.54) is 0 Å². The summed E-state index contributed by atoms with van der Waals surface area (Å²) in [6, 6.07) is 2.23. The molecule has 0 saturated carbocycles. The maximum atomic E-state index is 11.6. The third-order valence-corrected chi connectivity index (χ3v) is 5.27. The van der Waals surface area contributed by atoms with Gasteiger partial charge in [0, 0.05) is 17.4 Å². The van der Waals surface area contributed by atoms with E-state index in [-0.39, 0.29) is 17.5 Å². The Kier molecular flexibility index (Phi) is 6.76. The Morgan fingerprint density at radius 2 is 2.00 bits per heavy atom. The van der Waals surface area contributed by atoms with Gasteiger partial charge in [-0.2, -0.15) is 0 Å². The van der Waals surface area contributed by atoms with Gasteiger partial charge in [-0.05, 0) is 45.7 Å². The van der Waals surface area contributed by atoms with Gasteiger partial charge in [0.2, 0.25) is 0 Å². The SMILES string of the molecule is CCCNC(CCCS(=O)(=O)CC)c1cc(C)oc1C. The molecule has 0 radical (unpaired) electrons. The molecule has 5 heteroatoms. The Balaban J connectivity index is 2.68. The van der Waals surface area contributed by atoms with Crippen LogP contribution in [0.3, 0.4) is 0 Å². The molecule has 1 unspecified atom stereocenters. The van der Waals surface area contributed by atoms with Gasteiger partial charge in [-0.1, -0.05) is 13.8 Å². The maximum absolute atomic E-state index is 11.6. The van der Waals surface area contributed by atoms with Crippen LogP contribution in [0.2, 0.25) is 0 Å². The van der Waals surface area contributed by atoms with Crippen molar-refractivity contribution in [3.63, 3.8) is 0 Å². The number of sulfone groups is 1. The van der Waals surface area contributed by atoms with Gasteiger partial charge in [-0.15, -0.1) is 0 Å². The minimum Gasteiger partial charge on any atom is -0.466 e. The second-order valence-electron chi connectivity index (χ2n) is 5.25. The van der Waals surface area contributed by atoms with Crippen LogP contribution in [0.25, 0.3) is 0 Å². The molecule has 1 aromatic rings. The van der Waals surface area contributed by atoms with Crippen LogP contribution in [0.1, 0.15) is 56.2 Å². The summed E-state index contributed by atoms with van der Waals surface area (Å²) >= 11 is 0. The summed E-state index contributed by atoms with van der Waals surface area (Å²) in [6.07, 6.45) is 2.56. The first-order valence-electron chi connectivity index (χ1n) is 7.40. The quantitative estimate of drug-likeness (QED) is 0.761. The van der Waals surface area contributed by atoms with Crippen molar-refractivity contribution in [2.75, 3.05) is 18.1 Å². The molecule has 0 aromatic carbocycles. The lowest BCUT2D eigenvalue weighted by molar-refractivity contribution is 0.465. The standard InChI is InChI=1S/C15H27NO3S/c1-5-9-16-15(8-7-10-20(17,18)6-2)14-11-12(3)19-13(14)4/h11,15-16H,5-10H2,1-4H3. The number of nitrogens with one attached hydrogen (secondary N) is 1. The Morgan fingerprint density at radius 1 is 1.30 bits per heavy atom. The Hall–Kier alpha value is -0.810. The molecule has 1 rings (SSSR count). The average Bonchev–Trinajstić information content (AvgIpc) is 2.72. The number of aryl methyl sites for hydroxylation is 2. The highest BCUT2D eigenvalue weighted by molar-refractivity contribution is 7.91. The van der Waals surface area contributed by atoms with Gasteiger partial charge in [-0.25, -0.2) is 8.42 Å². The zero-order chi connectivity index (χ0) is 15.2. The molecule has 0 saturated heterocycles. The van der Waals surface area contributed by atoms with Gasteiger partial charge in [0.05, 0.1) is 5.75 Å². The van der Waals surface area contributed by atoms with Gasteiger partial charge in [0.1, 0.15) is 21.4 Å². The molecule has 0 spiro atoms. The highest BCUT2D eigenvalue weighted by Crippen LogP contribution is 2.25. The lowest BCUT2D eigenvalue weighted by atomic mass is 10.0. The summed E-state index contributed by atoms with van der Waals surface area (Å²) in [4.78, 5) is 0. The van der Waals surface area contributed by atoms with E-state index < -0.39 is 9.84 Å². The van der Waals surface area contributed by atoms with E-state index in [4.69, 9.17) is 4.42 Å². The predicted octanol–water partition coefficient (Wildman–Crippen LogP) is 3.15. The lowest BCUT2D eigenvalue weighted by Gasteiger charge is -2.18. The summed E-state index contributed by atoms with van der Waals surface area (Å²) in [7, 11) is -2.87. The molecule has 20 heavy (non-hydrogen) atoms. The average molecular weight is 301 g/mol. The van der Waals surface area contributed by atoms with Gasteiger partial charge in [-0.3, -0.25) is 0 Å². The molecule has 0 fully saturated rings. The van der Waals surface area contributed by atoms with E-state index in [0.717, 1.165) is 36.5 Å². The van der Waals surface area contributed by atoms with Crippen molar-refractivity contribution in [2.45, 2.75) is 53.0 Å². The minimum atomic E-state index is -2.87. The molecule has 0 amide bonds. The summed E-state index contributed by atoms with van der Waals surface area (Å²) in [5.74, 6) is 2.32. The number of rotatable bonds is 9. The van der Waals surface area contributed by atoms with Crippen molar-refractivity contribution in [2.24, 2.45) is 0 Å². The fourth-order valence-electron chi connectivity index (χ4n) is 2.33. The summed E-state index contributed by atoms with van der Waals surface area (Å²) < 4.78 is 28.7. The largest absolute Gasteiger partial charge is 0.466 e. The normalized spacial score (nSPS) is 13.6. The molecular formula is C15H27NO3S. The first-order valence-corrected chi connectivity index (χ1v) is 9.22. The van der Waals surface area contributed by atoms with E-state index in [0.29, 0.717) is 6.42 Å². The molecule has 0 aliphatic rings. The van der Waals surface area contributed by atoms with E-state index >= 15 is 0 Å².